The number of hydrogen-bond acceptors (Lipinski definition) is 2. The summed E-state index contributed by atoms with van der Waals surface area (Å²) in [7, 11) is 1.51. The first kappa shape index (κ1) is 12.5. The van der Waals surface area contributed by atoms with E-state index in [1.54, 1.807) is 13.0 Å². The molecule has 3 heteroatoms. The number of aliphatic carboxylic acids is 1. The fraction of sp³-hybridized carbons (Fsp3) is 0.308. The second-order valence-electron chi connectivity index (χ2n) is 3.60. The van der Waals surface area contributed by atoms with Crippen molar-refractivity contribution in [3.63, 3.8) is 0 Å². The average molecular weight is 220 g/mol. The van der Waals surface area contributed by atoms with Gasteiger partial charge in [0.25, 0.3) is 0 Å². The van der Waals surface area contributed by atoms with E-state index in [4.69, 9.17) is 9.84 Å². The second-order valence-corrected chi connectivity index (χ2v) is 3.60. The van der Waals surface area contributed by atoms with E-state index in [1.807, 2.05) is 36.4 Å². The molecule has 2 unspecified atom stereocenters. The van der Waals surface area contributed by atoms with Gasteiger partial charge in [0.1, 0.15) is 0 Å². The van der Waals surface area contributed by atoms with Crippen molar-refractivity contribution in [2.24, 2.45) is 5.92 Å². The molecule has 86 valence electrons. The number of ether oxygens (including phenoxy) is 1. The summed E-state index contributed by atoms with van der Waals surface area (Å²) in [6.07, 6.45) is 3.24. The Bertz CT molecular complexity index is 357. The van der Waals surface area contributed by atoms with Gasteiger partial charge in [0.15, 0.2) is 0 Å². The van der Waals surface area contributed by atoms with Gasteiger partial charge in [0.05, 0.1) is 12.0 Å². The van der Waals surface area contributed by atoms with E-state index in [0.717, 1.165) is 5.56 Å². The van der Waals surface area contributed by atoms with Gasteiger partial charge in [-0.15, -0.1) is 0 Å². The summed E-state index contributed by atoms with van der Waals surface area (Å²) in [5, 5.41) is 8.87. The van der Waals surface area contributed by atoms with Crippen molar-refractivity contribution in [2.45, 2.75) is 13.0 Å². The van der Waals surface area contributed by atoms with Crippen LogP contribution in [0.4, 0.5) is 0 Å². The van der Waals surface area contributed by atoms with Gasteiger partial charge < -0.3 is 9.84 Å². The Morgan fingerprint density at radius 1 is 1.38 bits per heavy atom. The predicted octanol–water partition coefficient (Wildman–Crippen LogP) is 2.44. The summed E-state index contributed by atoms with van der Waals surface area (Å²) < 4.78 is 5.13. The first-order valence-corrected chi connectivity index (χ1v) is 5.14. The normalized spacial score (nSPS) is 14.9. The summed E-state index contributed by atoms with van der Waals surface area (Å²) in [5.74, 6) is -1.41. The molecule has 0 aliphatic heterocycles. The van der Waals surface area contributed by atoms with Crippen molar-refractivity contribution in [1.82, 2.24) is 0 Å². The maximum absolute atomic E-state index is 10.8. The number of rotatable bonds is 5. The number of carbonyl (C=O) groups is 1. The van der Waals surface area contributed by atoms with Crippen LogP contribution in [0.3, 0.4) is 0 Å². The quantitative estimate of drug-likeness (QED) is 0.829. The van der Waals surface area contributed by atoms with Gasteiger partial charge in [-0.3, -0.25) is 4.79 Å². The van der Waals surface area contributed by atoms with Gasteiger partial charge in [-0.1, -0.05) is 42.5 Å². The zero-order valence-electron chi connectivity index (χ0n) is 9.46. The van der Waals surface area contributed by atoms with Crippen LogP contribution < -0.4 is 0 Å². The van der Waals surface area contributed by atoms with Crippen LogP contribution in [0.5, 0.6) is 0 Å². The molecule has 0 radical (unpaired) electrons. The van der Waals surface area contributed by atoms with Crippen LogP contribution in [0.1, 0.15) is 12.5 Å². The first-order valence-electron chi connectivity index (χ1n) is 5.14. The standard InChI is InChI=1S/C13H16O3/c1-10(13(14)15)12(16-2)9-8-11-6-4-3-5-7-11/h3-10,12H,1-2H3,(H,14,15)/b9-8+. The highest BCUT2D eigenvalue weighted by atomic mass is 16.5. The van der Waals surface area contributed by atoms with Crippen LogP contribution in [0.25, 0.3) is 6.08 Å². The third kappa shape index (κ3) is 3.51. The van der Waals surface area contributed by atoms with E-state index in [0.29, 0.717) is 0 Å². The predicted molar refractivity (Wildman–Crippen MR) is 63.1 cm³/mol. The van der Waals surface area contributed by atoms with Crippen molar-refractivity contribution in [2.75, 3.05) is 7.11 Å². The molecule has 0 aliphatic carbocycles. The van der Waals surface area contributed by atoms with Crippen molar-refractivity contribution in [3.8, 4) is 0 Å². The zero-order chi connectivity index (χ0) is 12.0. The topological polar surface area (TPSA) is 46.5 Å². The smallest absolute Gasteiger partial charge is 0.309 e. The minimum absolute atomic E-state index is 0.405. The largest absolute Gasteiger partial charge is 0.481 e. The van der Waals surface area contributed by atoms with Gasteiger partial charge in [0.2, 0.25) is 0 Å². The van der Waals surface area contributed by atoms with E-state index in [1.165, 1.54) is 7.11 Å². The molecule has 0 fully saturated rings. The molecule has 1 aromatic rings. The summed E-state index contributed by atoms with van der Waals surface area (Å²) >= 11 is 0. The van der Waals surface area contributed by atoms with Crippen LogP contribution in [0.15, 0.2) is 36.4 Å². The Hall–Kier alpha value is -1.61. The highest BCUT2D eigenvalue weighted by Crippen LogP contribution is 2.11. The number of benzene rings is 1. The highest BCUT2D eigenvalue weighted by molar-refractivity contribution is 5.71. The van der Waals surface area contributed by atoms with E-state index < -0.39 is 18.0 Å². The highest BCUT2D eigenvalue weighted by Gasteiger charge is 2.20. The van der Waals surface area contributed by atoms with E-state index in [9.17, 15) is 4.79 Å². The van der Waals surface area contributed by atoms with Crippen molar-refractivity contribution in [3.05, 3.63) is 42.0 Å². The number of methoxy groups -OCH3 is 1. The molecular weight excluding hydrogens is 204 g/mol. The van der Waals surface area contributed by atoms with Gasteiger partial charge in [-0.05, 0) is 12.5 Å². The molecule has 1 aromatic carbocycles. The van der Waals surface area contributed by atoms with Crippen molar-refractivity contribution >= 4 is 12.0 Å². The van der Waals surface area contributed by atoms with Crippen LogP contribution in [-0.2, 0) is 9.53 Å². The molecule has 1 N–H and O–H groups in total. The summed E-state index contributed by atoms with van der Waals surface area (Å²) in [5.41, 5.74) is 1.03. The monoisotopic (exact) mass is 220 g/mol. The summed E-state index contributed by atoms with van der Waals surface area (Å²) in [4.78, 5) is 10.8. The molecule has 0 aromatic heterocycles. The molecule has 0 heterocycles. The van der Waals surface area contributed by atoms with Crippen LogP contribution in [0.2, 0.25) is 0 Å². The van der Waals surface area contributed by atoms with Crippen molar-refractivity contribution < 1.29 is 14.6 Å². The molecule has 0 saturated carbocycles. The maximum atomic E-state index is 10.8. The maximum Gasteiger partial charge on any atom is 0.309 e. The summed E-state index contributed by atoms with van der Waals surface area (Å²) in [6.45, 7) is 1.63. The number of carboxylic acids is 1. The minimum atomic E-state index is -0.857. The average Bonchev–Trinajstić information content (AvgIpc) is 2.30. The Kier molecular flexibility index (Phi) is 4.73. The molecule has 0 amide bonds. The molecule has 2 atom stereocenters. The van der Waals surface area contributed by atoms with E-state index >= 15 is 0 Å². The number of hydrogen-bond donors (Lipinski definition) is 1. The third-order valence-electron chi connectivity index (χ3n) is 2.43. The molecule has 16 heavy (non-hydrogen) atoms. The van der Waals surface area contributed by atoms with Crippen LogP contribution in [0, 0.1) is 5.92 Å². The number of carboxylic acid groups (broad SMARTS) is 1. The van der Waals surface area contributed by atoms with Crippen LogP contribution >= 0.6 is 0 Å². The first-order chi connectivity index (χ1) is 7.65. The Morgan fingerprint density at radius 2 is 2.00 bits per heavy atom. The molecule has 0 saturated heterocycles. The second kappa shape index (κ2) is 6.08. The van der Waals surface area contributed by atoms with E-state index in [-0.39, 0.29) is 0 Å². The molecule has 0 bridgehead atoms. The van der Waals surface area contributed by atoms with Crippen molar-refractivity contribution in [1.29, 1.82) is 0 Å². The lowest BCUT2D eigenvalue weighted by Gasteiger charge is -2.15. The Balaban J connectivity index is 2.70. The Morgan fingerprint density at radius 3 is 2.50 bits per heavy atom. The Labute approximate surface area is 95.4 Å². The molecular formula is C13H16O3. The minimum Gasteiger partial charge on any atom is -0.481 e. The molecule has 0 spiro atoms. The lowest BCUT2D eigenvalue weighted by Crippen LogP contribution is -2.25. The van der Waals surface area contributed by atoms with Crippen LogP contribution in [-0.4, -0.2) is 24.3 Å². The lowest BCUT2D eigenvalue weighted by molar-refractivity contribution is -0.144. The molecule has 3 nitrogen and oxygen atoms in total. The zero-order valence-corrected chi connectivity index (χ0v) is 9.46. The van der Waals surface area contributed by atoms with Gasteiger partial charge in [-0.2, -0.15) is 0 Å². The lowest BCUT2D eigenvalue weighted by atomic mass is 10.0. The van der Waals surface area contributed by atoms with Gasteiger partial charge >= 0.3 is 5.97 Å². The summed E-state index contributed by atoms with van der Waals surface area (Å²) in [6, 6.07) is 9.71. The third-order valence-corrected chi connectivity index (χ3v) is 2.43. The fourth-order valence-electron chi connectivity index (χ4n) is 1.36. The molecule has 1 rings (SSSR count). The molecule has 0 aliphatic rings. The SMILES string of the molecule is COC(/C=C/c1ccccc1)C(C)C(=O)O. The van der Waals surface area contributed by atoms with Gasteiger partial charge in [-0.25, -0.2) is 0 Å². The fourth-order valence-corrected chi connectivity index (χ4v) is 1.36. The van der Waals surface area contributed by atoms with E-state index in [2.05, 4.69) is 0 Å². The van der Waals surface area contributed by atoms with Gasteiger partial charge in [0, 0.05) is 7.11 Å².